The van der Waals surface area contributed by atoms with Gasteiger partial charge in [-0.3, -0.25) is 9.36 Å². The molecule has 1 aromatic carbocycles. The third-order valence-electron chi connectivity index (χ3n) is 5.68. The molecule has 9 nitrogen and oxygen atoms in total. The molecule has 1 atom stereocenters. The number of nitrogens with zero attached hydrogens (tertiary/aromatic N) is 4. The van der Waals surface area contributed by atoms with Crippen molar-refractivity contribution in [2.45, 2.75) is 30.1 Å². The molecule has 13 heteroatoms. The number of carbonyl (C=O) groups is 1. The van der Waals surface area contributed by atoms with Gasteiger partial charge in [-0.25, -0.2) is 19.8 Å². The van der Waals surface area contributed by atoms with Crippen molar-refractivity contribution in [2.24, 2.45) is 4.99 Å². The van der Waals surface area contributed by atoms with E-state index < -0.39 is 12.0 Å². The normalized spacial score (nSPS) is 15.2. The molecule has 0 bridgehead atoms. The van der Waals surface area contributed by atoms with Gasteiger partial charge in [-0.15, -0.1) is 0 Å². The van der Waals surface area contributed by atoms with Crippen LogP contribution in [0, 0.1) is 0 Å². The summed E-state index contributed by atoms with van der Waals surface area (Å²) in [6.07, 6.45) is 4.96. The van der Waals surface area contributed by atoms with Gasteiger partial charge in [0.2, 0.25) is 0 Å². The Morgan fingerprint density at radius 2 is 2.00 bits per heavy atom. The average Bonchev–Trinajstić information content (AvgIpc) is 3.41. The first-order chi connectivity index (χ1) is 18.8. The Labute approximate surface area is 247 Å². The molecule has 0 fully saturated rings. The molecule has 4 heterocycles. The number of carbonyl (C=O) groups excluding carboxylic acids is 1. The van der Waals surface area contributed by atoms with E-state index in [9.17, 15) is 9.59 Å². The zero-order valence-corrected chi connectivity index (χ0v) is 25.6. The molecule has 0 amide bonds. The fourth-order valence-corrected chi connectivity index (χ4v) is 6.84. The molecule has 5 rings (SSSR count). The molecule has 0 radical (unpaired) electrons. The molecule has 0 unspecified atom stereocenters. The highest BCUT2D eigenvalue weighted by atomic mass is 79.9. The number of methoxy groups -OCH3 is 1. The van der Waals surface area contributed by atoms with E-state index in [1.54, 1.807) is 57.6 Å². The second kappa shape index (κ2) is 11.6. The number of allylic oxidation sites excluding steroid dienone is 1. The number of aromatic nitrogens is 3. The summed E-state index contributed by atoms with van der Waals surface area (Å²) in [6.45, 7) is 3.68. The molecular weight excluding hydrogens is 672 g/mol. The lowest BCUT2D eigenvalue weighted by atomic mass is 9.96. The van der Waals surface area contributed by atoms with Gasteiger partial charge in [0.15, 0.2) is 15.1 Å². The largest absolute Gasteiger partial charge is 0.496 e. The van der Waals surface area contributed by atoms with Crippen molar-refractivity contribution in [1.29, 1.82) is 0 Å². The third kappa shape index (κ3) is 5.53. The van der Waals surface area contributed by atoms with Gasteiger partial charge in [-0.05, 0) is 87.3 Å². The van der Waals surface area contributed by atoms with Crippen molar-refractivity contribution >= 4 is 67.0 Å². The number of rotatable bonds is 7. The first-order valence-electron chi connectivity index (χ1n) is 11.6. The molecule has 200 valence electrons. The minimum Gasteiger partial charge on any atom is -0.496 e. The number of ether oxygens (including phenoxy) is 2. The van der Waals surface area contributed by atoms with Crippen LogP contribution in [-0.2, 0) is 9.53 Å². The minimum absolute atomic E-state index is 0.195. The lowest BCUT2D eigenvalue weighted by molar-refractivity contribution is -0.139. The Kier molecular flexibility index (Phi) is 8.21. The van der Waals surface area contributed by atoms with E-state index in [1.165, 1.54) is 27.7 Å². The second-order valence-electron chi connectivity index (χ2n) is 8.11. The van der Waals surface area contributed by atoms with Crippen LogP contribution in [0.4, 0.5) is 0 Å². The Morgan fingerprint density at radius 1 is 1.23 bits per heavy atom. The summed E-state index contributed by atoms with van der Waals surface area (Å²) in [7, 11) is 1.57. The third-order valence-corrected chi connectivity index (χ3v) is 9.02. The number of hydrogen-bond donors (Lipinski definition) is 0. The molecule has 1 aliphatic rings. The van der Waals surface area contributed by atoms with Crippen LogP contribution < -0.4 is 19.6 Å². The maximum absolute atomic E-state index is 13.8. The highest BCUT2D eigenvalue weighted by Crippen LogP contribution is 2.36. The van der Waals surface area contributed by atoms with Gasteiger partial charge in [0.05, 0.1) is 44.5 Å². The first-order valence-corrected chi connectivity index (χ1v) is 14.8. The van der Waals surface area contributed by atoms with E-state index >= 15 is 0 Å². The number of benzene rings is 1. The van der Waals surface area contributed by atoms with Crippen LogP contribution in [0.25, 0.3) is 6.08 Å². The number of hydrogen-bond acceptors (Lipinski definition) is 10. The van der Waals surface area contributed by atoms with Crippen LogP contribution in [0.2, 0.25) is 0 Å². The zero-order chi connectivity index (χ0) is 27.7. The molecule has 3 aromatic heterocycles. The Bertz CT molecular complexity index is 1780. The summed E-state index contributed by atoms with van der Waals surface area (Å²) in [5.41, 5.74) is 1.18. The highest BCUT2D eigenvalue weighted by Gasteiger charge is 2.33. The molecule has 0 spiro atoms. The van der Waals surface area contributed by atoms with Crippen LogP contribution in [0.5, 0.6) is 5.75 Å². The summed E-state index contributed by atoms with van der Waals surface area (Å²) in [4.78, 5) is 40.4. The topological polar surface area (TPSA) is 109 Å². The maximum atomic E-state index is 13.8. The molecule has 0 saturated carbocycles. The standard InChI is InChI=1S/C26H20Br2N4O5S2/c1-4-36-23(34)20-13(2)31-26-32(21(20)14-6-7-18(35-3)16(27)10-14)22(33)19(38-26)12-15-11-17(28)24(37-15)39-25-29-8-5-9-30-25/h5-12,21H,4H2,1-3H3/b19-12+/t21-/m1/s1. The van der Waals surface area contributed by atoms with Crippen LogP contribution in [0.15, 0.2) is 87.4 Å². The van der Waals surface area contributed by atoms with E-state index in [1.807, 2.05) is 12.1 Å². The number of furan rings is 1. The Hall–Kier alpha value is -3.00. The molecular formula is C26H20Br2N4O5S2. The van der Waals surface area contributed by atoms with Gasteiger partial charge in [0.25, 0.3) is 5.56 Å². The summed E-state index contributed by atoms with van der Waals surface area (Å²) in [5.74, 6) is 0.572. The van der Waals surface area contributed by atoms with Crippen LogP contribution >= 0.6 is 55.0 Å². The maximum Gasteiger partial charge on any atom is 0.338 e. The van der Waals surface area contributed by atoms with Gasteiger partial charge < -0.3 is 13.9 Å². The molecule has 0 saturated heterocycles. The van der Waals surface area contributed by atoms with Crippen LogP contribution in [0.1, 0.15) is 31.2 Å². The van der Waals surface area contributed by atoms with E-state index in [4.69, 9.17) is 13.9 Å². The van der Waals surface area contributed by atoms with Crippen molar-refractivity contribution in [3.05, 3.63) is 94.0 Å². The van der Waals surface area contributed by atoms with Gasteiger partial charge in [0.1, 0.15) is 11.5 Å². The second-order valence-corrected chi connectivity index (χ2v) is 11.8. The van der Waals surface area contributed by atoms with Gasteiger partial charge >= 0.3 is 5.97 Å². The molecule has 4 aromatic rings. The molecule has 39 heavy (non-hydrogen) atoms. The predicted octanol–water partition coefficient (Wildman–Crippen LogP) is 4.87. The number of halogens is 2. The van der Waals surface area contributed by atoms with Crippen molar-refractivity contribution in [1.82, 2.24) is 14.5 Å². The summed E-state index contributed by atoms with van der Waals surface area (Å²) < 4.78 is 20.0. The number of fused-ring (bicyclic) bond motifs is 1. The van der Waals surface area contributed by atoms with Gasteiger partial charge in [-0.1, -0.05) is 17.4 Å². The Morgan fingerprint density at radius 3 is 2.69 bits per heavy atom. The number of thiazole rings is 1. The number of esters is 1. The lowest BCUT2D eigenvalue weighted by Gasteiger charge is -2.25. The van der Waals surface area contributed by atoms with E-state index in [-0.39, 0.29) is 12.2 Å². The summed E-state index contributed by atoms with van der Waals surface area (Å²) >= 11 is 9.50. The van der Waals surface area contributed by atoms with E-state index in [2.05, 4.69) is 46.8 Å². The fourth-order valence-electron chi connectivity index (χ4n) is 4.02. The predicted molar refractivity (Wildman–Crippen MR) is 154 cm³/mol. The van der Waals surface area contributed by atoms with Gasteiger partial charge in [-0.2, -0.15) is 0 Å². The highest BCUT2D eigenvalue weighted by molar-refractivity contribution is 9.10. The smallest absolute Gasteiger partial charge is 0.338 e. The van der Waals surface area contributed by atoms with Crippen molar-refractivity contribution in [2.75, 3.05) is 13.7 Å². The molecule has 1 aliphatic heterocycles. The average molecular weight is 692 g/mol. The summed E-state index contributed by atoms with van der Waals surface area (Å²) in [6, 6.07) is 8.20. The van der Waals surface area contributed by atoms with E-state index in [0.717, 1.165) is 0 Å². The quantitative estimate of drug-likeness (QED) is 0.200. The summed E-state index contributed by atoms with van der Waals surface area (Å²) in [5, 5.41) is 1.09. The van der Waals surface area contributed by atoms with Crippen molar-refractivity contribution < 1.29 is 18.7 Å². The fraction of sp³-hybridized carbons (Fsp3) is 0.192. The zero-order valence-electron chi connectivity index (χ0n) is 20.8. The monoisotopic (exact) mass is 690 g/mol. The molecule has 0 N–H and O–H groups in total. The van der Waals surface area contributed by atoms with Crippen molar-refractivity contribution in [3.63, 3.8) is 0 Å². The lowest BCUT2D eigenvalue weighted by Crippen LogP contribution is -2.39. The SMILES string of the molecule is CCOC(=O)C1=C(C)N=c2s/c(=C/c3cc(Br)c(Sc4ncccn4)o3)c(=O)n2[C@@H]1c1ccc(OC)c(Br)c1. The van der Waals surface area contributed by atoms with E-state index in [0.29, 0.717) is 56.9 Å². The Balaban J connectivity index is 1.62. The van der Waals surface area contributed by atoms with Gasteiger partial charge in [0, 0.05) is 18.5 Å². The minimum atomic E-state index is -0.741. The first kappa shape index (κ1) is 27.6. The molecule has 0 aliphatic carbocycles. The van der Waals surface area contributed by atoms with Crippen molar-refractivity contribution in [3.8, 4) is 5.75 Å². The van der Waals surface area contributed by atoms with Crippen LogP contribution in [0.3, 0.4) is 0 Å². The van der Waals surface area contributed by atoms with Crippen LogP contribution in [-0.4, -0.2) is 34.2 Å².